The summed E-state index contributed by atoms with van der Waals surface area (Å²) in [5.74, 6) is 0.787. The zero-order chi connectivity index (χ0) is 13.8. The van der Waals surface area contributed by atoms with E-state index in [1.165, 1.54) is 7.11 Å². The van der Waals surface area contributed by atoms with Gasteiger partial charge in [0.05, 0.1) is 13.7 Å². The lowest BCUT2D eigenvalue weighted by molar-refractivity contribution is 0.0947. The van der Waals surface area contributed by atoms with Crippen LogP contribution in [0.4, 0.5) is 5.69 Å². The molecule has 100 valence electrons. The highest BCUT2D eigenvalue weighted by Gasteiger charge is 2.15. The Labute approximate surface area is 110 Å². The Bertz CT molecular complexity index is 594. The van der Waals surface area contributed by atoms with Crippen molar-refractivity contribution < 1.29 is 9.53 Å². The molecule has 0 unspecified atom stereocenters. The smallest absolute Gasteiger partial charge is 0.257 e. The highest BCUT2D eigenvalue weighted by molar-refractivity contribution is 6.01. The number of methoxy groups -OCH3 is 1. The molecule has 2 aromatic rings. The molecule has 1 heterocycles. The van der Waals surface area contributed by atoms with Crippen LogP contribution >= 0.6 is 0 Å². The Morgan fingerprint density at radius 3 is 2.95 bits per heavy atom. The van der Waals surface area contributed by atoms with Crippen molar-refractivity contribution in [3.63, 3.8) is 0 Å². The molecule has 0 saturated heterocycles. The summed E-state index contributed by atoms with van der Waals surface area (Å²) in [5, 5.41) is 10.4. The lowest BCUT2D eigenvalue weighted by atomic mass is 10.1. The number of nitrogens with two attached hydrogens (primary N) is 1. The number of carbonyl (C=O) groups excluding carboxylic acids is 1. The molecule has 1 amide bonds. The highest BCUT2D eigenvalue weighted by atomic mass is 16.5. The van der Waals surface area contributed by atoms with Crippen molar-refractivity contribution in [3.05, 3.63) is 35.9 Å². The van der Waals surface area contributed by atoms with Gasteiger partial charge in [0.15, 0.2) is 5.82 Å². The molecule has 1 aromatic heterocycles. The van der Waals surface area contributed by atoms with E-state index in [0.717, 1.165) is 0 Å². The number of anilines is 1. The van der Waals surface area contributed by atoms with E-state index in [0.29, 0.717) is 22.8 Å². The summed E-state index contributed by atoms with van der Waals surface area (Å²) in [6.07, 6.45) is 1.57. The molecule has 0 spiro atoms. The Morgan fingerprint density at radius 1 is 1.53 bits per heavy atom. The highest BCUT2D eigenvalue weighted by Crippen LogP contribution is 2.23. The molecule has 19 heavy (non-hydrogen) atoms. The van der Waals surface area contributed by atoms with E-state index >= 15 is 0 Å². The van der Waals surface area contributed by atoms with E-state index in [9.17, 15) is 4.79 Å². The van der Waals surface area contributed by atoms with Crippen molar-refractivity contribution in [1.82, 2.24) is 20.1 Å². The second-order valence-electron chi connectivity index (χ2n) is 3.97. The van der Waals surface area contributed by atoms with Crippen molar-refractivity contribution in [3.8, 4) is 5.75 Å². The lowest BCUT2D eigenvalue weighted by Gasteiger charge is -2.11. The molecule has 7 heteroatoms. The fourth-order valence-corrected chi connectivity index (χ4v) is 1.68. The standard InChI is InChI=1S/C12H15N5O2/c1-17-7-15-16-10(17)6-14-12(18)11-8(13)4-3-5-9(11)19-2/h3-5,7H,6,13H2,1-2H3,(H,14,18). The van der Waals surface area contributed by atoms with Crippen molar-refractivity contribution in [2.45, 2.75) is 6.54 Å². The number of nitrogens with one attached hydrogen (secondary N) is 1. The van der Waals surface area contributed by atoms with Gasteiger partial charge in [0.25, 0.3) is 5.91 Å². The quantitative estimate of drug-likeness (QED) is 0.774. The van der Waals surface area contributed by atoms with Crippen molar-refractivity contribution in [2.75, 3.05) is 12.8 Å². The Morgan fingerprint density at radius 2 is 2.32 bits per heavy atom. The van der Waals surface area contributed by atoms with Crippen LogP contribution in [0.15, 0.2) is 24.5 Å². The Kier molecular flexibility index (Phi) is 3.65. The minimum atomic E-state index is -0.307. The van der Waals surface area contributed by atoms with Gasteiger partial charge in [-0.25, -0.2) is 0 Å². The largest absolute Gasteiger partial charge is 0.496 e. The molecule has 0 aliphatic heterocycles. The van der Waals surface area contributed by atoms with Gasteiger partial charge in [-0.2, -0.15) is 0 Å². The second kappa shape index (κ2) is 5.38. The van der Waals surface area contributed by atoms with E-state index in [2.05, 4.69) is 15.5 Å². The minimum absolute atomic E-state index is 0.271. The third kappa shape index (κ3) is 2.65. The first-order chi connectivity index (χ1) is 9.13. The number of aryl methyl sites for hydroxylation is 1. The topological polar surface area (TPSA) is 95.1 Å². The number of amides is 1. The Balaban J connectivity index is 2.14. The molecule has 0 atom stereocenters. The van der Waals surface area contributed by atoms with Crippen molar-refractivity contribution in [1.29, 1.82) is 0 Å². The average Bonchev–Trinajstić information content (AvgIpc) is 2.81. The predicted octanol–water partition coefficient (Wildman–Crippen LogP) is 0.336. The minimum Gasteiger partial charge on any atom is -0.496 e. The number of hydrogen-bond donors (Lipinski definition) is 2. The van der Waals surface area contributed by atoms with Crippen LogP contribution in [0.25, 0.3) is 0 Å². The maximum absolute atomic E-state index is 12.1. The molecule has 0 aliphatic carbocycles. The van der Waals surface area contributed by atoms with Gasteiger partial charge in [-0.05, 0) is 12.1 Å². The molecule has 0 saturated carbocycles. The molecule has 0 fully saturated rings. The van der Waals surface area contributed by atoms with Gasteiger partial charge in [-0.15, -0.1) is 10.2 Å². The summed E-state index contributed by atoms with van der Waals surface area (Å²) in [7, 11) is 3.30. The number of nitrogens with zero attached hydrogens (tertiary/aromatic N) is 3. The third-order valence-electron chi connectivity index (χ3n) is 2.72. The van der Waals surface area contributed by atoms with Crippen LogP contribution in [0.3, 0.4) is 0 Å². The molecule has 2 rings (SSSR count). The lowest BCUT2D eigenvalue weighted by Crippen LogP contribution is -2.25. The molecular weight excluding hydrogens is 246 g/mol. The molecule has 0 aliphatic rings. The van der Waals surface area contributed by atoms with Crippen LogP contribution in [-0.4, -0.2) is 27.8 Å². The Hall–Kier alpha value is -2.57. The molecular formula is C12H15N5O2. The van der Waals surface area contributed by atoms with Crippen LogP contribution in [0.2, 0.25) is 0 Å². The number of ether oxygens (including phenoxy) is 1. The number of hydrogen-bond acceptors (Lipinski definition) is 5. The van der Waals surface area contributed by atoms with Gasteiger partial charge in [-0.3, -0.25) is 4.79 Å². The summed E-state index contributed by atoms with van der Waals surface area (Å²) in [6, 6.07) is 5.07. The van der Waals surface area contributed by atoms with Gasteiger partial charge in [0.1, 0.15) is 17.6 Å². The van der Waals surface area contributed by atoms with Crippen molar-refractivity contribution in [2.24, 2.45) is 7.05 Å². The van der Waals surface area contributed by atoms with Crippen LogP contribution < -0.4 is 15.8 Å². The van der Waals surface area contributed by atoms with E-state index in [1.54, 1.807) is 36.1 Å². The first-order valence-corrected chi connectivity index (χ1v) is 5.67. The van der Waals surface area contributed by atoms with E-state index in [1.807, 2.05) is 0 Å². The van der Waals surface area contributed by atoms with Crippen LogP contribution in [0, 0.1) is 0 Å². The fraction of sp³-hybridized carbons (Fsp3) is 0.250. The van der Waals surface area contributed by atoms with Gasteiger partial charge >= 0.3 is 0 Å². The number of aromatic nitrogens is 3. The zero-order valence-electron chi connectivity index (χ0n) is 10.8. The maximum Gasteiger partial charge on any atom is 0.257 e. The van der Waals surface area contributed by atoms with Crippen LogP contribution in [0.1, 0.15) is 16.2 Å². The second-order valence-corrected chi connectivity index (χ2v) is 3.97. The van der Waals surface area contributed by atoms with E-state index in [4.69, 9.17) is 10.5 Å². The van der Waals surface area contributed by atoms with Gasteiger partial charge in [0.2, 0.25) is 0 Å². The summed E-state index contributed by atoms with van der Waals surface area (Å²) in [5.41, 5.74) is 6.50. The number of rotatable bonds is 4. The first kappa shape index (κ1) is 12.9. The predicted molar refractivity (Wildman–Crippen MR) is 69.6 cm³/mol. The van der Waals surface area contributed by atoms with E-state index in [-0.39, 0.29) is 12.5 Å². The molecule has 3 N–H and O–H groups in total. The monoisotopic (exact) mass is 261 g/mol. The average molecular weight is 261 g/mol. The zero-order valence-corrected chi connectivity index (χ0v) is 10.8. The normalized spacial score (nSPS) is 10.2. The summed E-state index contributed by atoms with van der Waals surface area (Å²) < 4.78 is 6.86. The summed E-state index contributed by atoms with van der Waals surface area (Å²) in [6.45, 7) is 0.271. The number of benzene rings is 1. The maximum atomic E-state index is 12.1. The van der Waals surface area contributed by atoms with Gasteiger partial charge in [-0.1, -0.05) is 6.07 Å². The first-order valence-electron chi connectivity index (χ1n) is 5.67. The number of nitrogen functional groups attached to an aromatic ring is 1. The van der Waals surface area contributed by atoms with Gasteiger partial charge < -0.3 is 20.4 Å². The molecule has 7 nitrogen and oxygen atoms in total. The molecule has 1 aromatic carbocycles. The molecule has 0 radical (unpaired) electrons. The van der Waals surface area contributed by atoms with Crippen LogP contribution in [0.5, 0.6) is 5.75 Å². The number of carbonyl (C=O) groups is 1. The van der Waals surface area contributed by atoms with Crippen molar-refractivity contribution >= 4 is 11.6 Å². The summed E-state index contributed by atoms with van der Waals surface area (Å²) >= 11 is 0. The fourth-order valence-electron chi connectivity index (χ4n) is 1.68. The van der Waals surface area contributed by atoms with E-state index < -0.39 is 0 Å². The third-order valence-corrected chi connectivity index (χ3v) is 2.72. The summed E-state index contributed by atoms with van der Waals surface area (Å²) in [4.78, 5) is 12.1. The van der Waals surface area contributed by atoms with Gasteiger partial charge in [0, 0.05) is 12.7 Å². The molecule has 0 bridgehead atoms. The SMILES string of the molecule is COc1cccc(N)c1C(=O)NCc1nncn1C. The van der Waals surface area contributed by atoms with Crippen LogP contribution in [-0.2, 0) is 13.6 Å².